The third-order valence-electron chi connectivity index (χ3n) is 4.90. The average Bonchev–Trinajstić information content (AvgIpc) is 3.18. The van der Waals surface area contributed by atoms with Crippen molar-refractivity contribution in [2.75, 3.05) is 23.2 Å². The number of nitrogens with one attached hydrogen (secondary N) is 3. The fourth-order valence-electron chi connectivity index (χ4n) is 3.39. The number of amides is 3. The highest BCUT2D eigenvalue weighted by Crippen LogP contribution is 2.29. The number of carbonyl (C=O) groups is 3. The zero-order valence-electron chi connectivity index (χ0n) is 18.1. The van der Waals surface area contributed by atoms with Crippen LogP contribution in [0.5, 0.6) is 5.75 Å². The fourth-order valence-corrected chi connectivity index (χ4v) is 4.10. The largest absolute Gasteiger partial charge is 0.494 e. The molecule has 1 heterocycles. The molecule has 8 nitrogen and oxygen atoms in total. The van der Waals surface area contributed by atoms with E-state index in [9.17, 15) is 14.4 Å². The van der Waals surface area contributed by atoms with Crippen molar-refractivity contribution in [1.29, 1.82) is 0 Å². The lowest BCUT2D eigenvalue weighted by Crippen LogP contribution is -2.36. The Bertz CT molecular complexity index is 1450. The van der Waals surface area contributed by atoms with E-state index in [1.165, 1.54) is 30.0 Å². The average molecular weight is 532 g/mol. The maximum Gasteiger partial charge on any atom is 0.328 e. The summed E-state index contributed by atoms with van der Waals surface area (Å²) < 4.78 is 6.59. The van der Waals surface area contributed by atoms with Crippen molar-refractivity contribution in [3.05, 3.63) is 87.5 Å². The molecule has 0 bridgehead atoms. The van der Waals surface area contributed by atoms with E-state index in [1.54, 1.807) is 48.5 Å². The van der Waals surface area contributed by atoms with Gasteiger partial charge in [-0.05, 0) is 42.5 Å². The first-order valence-electron chi connectivity index (χ1n) is 10.1. The molecule has 1 aromatic heterocycles. The SMILES string of the molecule is COc1cccc2cc(C(=O)Nc3cc(Cl)cc(Cl)c3)n(NC(=O)C(=O)Nc3ccccc3Cl)c12. The van der Waals surface area contributed by atoms with Gasteiger partial charge in [-0.25, -0.2) is 4.68 Å². The second-order valence-electron chi connectivity index (χ2n) is 7.25. The van der Waals surface area contributed by atoms with Crippen LogP contribution in [0.25, 0.3) is 10.9 Å². The number of hydrogen-bond donors (Lipinski definition) is 3. The van der Waals surface area contributed by atoms with Gasteiger partial charge in [0, 0.05) is 21.1 Å². The van der Waals surface area contributed by atoms with Crippen molar-refractivity contribution in [2.45, 2.75) is 0 Å². The van der Waals surface area contributed by atoms with Crippen LogP contribution < -0.4 is 20.8 Å². The molecule has 0 aliphatic carbocycles. The molecule has 0 unspecified atom stereocenters. The molecular formula is C24H17Cl3N4O4. The molecule has 35 heavy (non-hydrogen) atoms. The molecule has 0 saturated heterocycles. The summed E-state index contributed by atoms with van der Waals surface area (Å²) in [5.74, 6) is -2.23. The van der Waals surface area contributed by atoms with Gasteiger partial charge in [0.2, 0.25) is 0 Å². The summed E-state index contributed by atoms with van der Waals surface area (Å²) in [6.45, 7) is 0. The van der Waals surface area contributed by atoms with Crippen LogP contribution in [0.4, 0.5) is 11.4 Å². The van der Waals surface area contributed by atoms with Crippen LogP contribution in [-0.4, -0.2) is 29.5 Å². The summed E-state index contributed by atoms with van der Waals surface area (Å²) in [5, 5.41) is 6.65. The minimum atomic E-state index is -1.03. The Morgan fingerprint density at radius 1 is 0.829 bits per heavy atom. The predicted molar refractivity (Wildman–Crippen MR) is 137 cm³/mol. The molecular weight excluding hydrogens is 515 g/mol. The summed E-state index contributed by atoms with van der Waals surface area (Å²) in [5.41, 5.74) is 3.48. The first-order valence-corrected chi connectivity index (χ1v) is 11.2. The normalized spacial score (nSPS) is 10.6. The first kappa shape index (κ1) is 24.4. The van der Waals surface area contributed by atoms with Gasteiger partial charge < -0.3 is 15.4 Å². The summed E-state index contributed by atoms with van der Waals surface area (Å²) in [4.78, 5) is 38.6. The summed E-state index contributed by atoms with van der Waals surface area (Å²) >= 11 is 18.1. The van der Waals surface area contributed by atoms with Crippen LogP contribution in [0.3, 0.4) is 0 Å². The molecule has 0 saturated carbocycles. The van der Waals surface area contributed by atoms with Crippen molar-refractivity contribution in [1.82, 2.24) is 4.68 Å². The molecule has 3 amide bonds. The van der Waals surface area contributed by atoms with Gasteiger partial charge in [0.15, 0.2) is 0 Å². The van der Waals surface area contributed by atoms with Gasteiger partial charge in [0.05, 0.1) is 17.8 Å². The van der Waals surface area contributed by atoms with Crippen LogP contribution in [0, 0.1) is 0 Å². The number of rotatable bonds is 5. The van der Waals surface area contributed by atoms with Crippen molar-refractivity contribution >= 4 is 74.8 Å². The lowest BCUT2D eigenvalue weighted by atomic mass is 10.2. The van der Waals surface area contributed by atoms with Gasteiger partial charge in [0.1, 0.15) is 17.0 Å². The number of fused-ring (bicyclic) bond motifs is 1. The van der Waals surface area contributed by atoms with E-state index in [1.807, 2.05) is 0 Å². The molecule has 11 heteroatoms. The first-order chi connectivity index (χ1) is 16.8. The van der Waals surface area contributed by atoms with Crippen LogP contribution in [-0.2, 0) is 9.59 Å². The topological polar surface area (TPSA) is 101 Å². The van der Waals surface area contributed by atoms with E-state index in [-0.39, 0.29) is 16.4 Å². The smallest absolute Gasteiger partial charge is 0.328 e. The third-order valence-corrected chi connectivity index (χ3v) is 5.67. The number of benzene rings is 3. The predicted octanol–water partition coefficient (Wildman–Crippen LogP) is 5.57. The van der Waals surface area contributed by atoms with E-state index in [4.69, 9.17) is 39.5 Å². The number of anilines is 2. The molecule has 0 aliphatic rings. The molecule has 0 spiro atoms. The molecule has 0 aliphatic heterocycles. The van der Waals surface area contributed by atoms with Crippen LogP contribution in [0.15, 0.2) is 66.7 Å². The third kappa shape index (κ3) is 5.35. The number of hydrogen-bond acceptors (Lipinski definition) is 4. The number of ether oxygens (including phenoxy) is 1. The number of nitrogens with zero attached hydrogens (tertiary/aromatic N) is 1. The Morgan fingerprint density at radius 3 is 2.23 bits per heavy atom. The molecule has 0 fully saturated rings. The highest BCUT2D eigenvalue weighted by atomic mass is 35.5. The number of carbonyl (C=O) groups excluding carboxylic acids is 3. The van der Waals surface area contributed by atoms with Crippen LogP contribution in [0.1, 0.15) is 10.5 Å². The highest BCUT2D eigenvalue weighted by Gasteiger charge is 2.23. The number of para-hydroxylation sites is 2. The van der Waals surface area contributed by atoms with Gasteiger partial charge in [-0.1, -0.05) is 59.1 Å². The maximum absolute atomic E-state index is 13.2. The van der Waals surface area contributed by atoms with E-state index >= 15 is 0 Å². The number of methoxy groups -OCH3 is 1. The lowest BCUT2D eigenvalue weighted by molar-refractivity contribution is -0.133. The summed E-state index contributed by atoms with van der Waals surface area (Å²) in [6.07, 6.45) is 0. The molecule has 4 aromatic rings. The Kier molecular flexibility index (Phi) is 7.16. The summed E-state index contributed by atoms with van der Waals surface area (Å²) in [6, 6.07) is 17.7. The van der Waals surface area contributed by atoms with Crippen molar-refractivity contribution in [3.63, 3.8) is 0 Å². The Morgan fingerprint density at radius 2 is 1.54 bits per heavy atom. The zero-order chi connectivity index (χ0) is 25.1. The standard InChI is InChI=1S/C24H17Cl3N4O4/c1-35-20-8-4-5-13-9-19(22(32)28-16-11-14(25)10-15(26)12-16)31(21(13)20)30-24(34)23(33)29-18-7-3-2-6-17(18)27/h2-12H,1H3,(H,28,32)(H,29,33)(H,30,34). The van der Waals surface area contributed by atoms with Gasteiger partial charge in [-0.3, -0.25) is 19.8 Å². The lowest BCUT2D eigenvalue weighted by Gasteiger charge is -2.14. The molecule has 0 radical (unpaired) electrons. The van der Waals surface area contributed by atoms with E-state index < -0.39 is 17.7 Å². The van der Waals surface area contributed by atoms with Crippen LogP contribution >= 0.6 is 34.8 Å². The second kappa shape index (κ2) is 10.3. The van der Waals surface area contributed by atoms with E-state index in [0.717, 1.165) is 0 Å². The molecule has 178 valence electrons. The number of halogens is 3. The Hall–Kier alpha value is -3.72. The van der Waals surface area contributed by atoms with Crippen molar-refractivity contribution < 1.29 is 19.1 Å². The quantitative estimate of drug-likeness (QED) is 0.293. The molecule has 0 atom stereocenters. The second-order valence-corrected chi connectivity index (χ2v) is 8.53. The molecule has 4 rings (SSSR count). The van der Waals surface area contributed by atoms with Gasteiger partial charge in [-0.15, -0.1) is 0 Å². The zero-order valence-corrected chi connectivity index (χ0v) is 20.3. The fraction of sp³-hybridized carbons (Fsp3) is 0.0417. The monoisotopic (exact) mass is 530 g/mol. The Balaban J connectivity index is 1.69. The van der Waals surface area contributed by atoms with Gasteiger partial charge in [0.25, 0.3) is 5.91 Å². The maximum atomic E-state index is 13.2. The Labute approximate surface area is 214 Å². The minimum Gasteiger partial charge on any atom is -0.494 e. The molecule has 3 aromatic carbocycles. The van der Waals surface area contributed by atoms with E-state index in [2.05, 4.69) is 16.1 Å². The van der Waals surface area contributed by atoms with Crippen molar-refractivity contribution in [2.24, 2.45) is 0 Å². The van der Waals surface area contributed by atoms with Gasteiger partial charge in [-0.2, -0.15) is 0 Å². The van der Waals surface area contributed by atoms with Crippen LogP contribution in [0.2, 0.25) is 15.1 Å². The summed E-state index contributed by atoms with van der Waals surface area (Å²) in [7, 11) is 1.45. The molecule has 3 N–H and O–H groups in total. The van der Waals surface area contributed by atoms with Crippen molar-refractivity contribution in [3.8, 4) is 5.75 Å². The van der Waals surface area contributed by atoms with Gasteiger partial charge >= 0.3 is 11.8 Å². The highest BCUT2D eigenvalue weighted by molar-refractivity contribution is 6.44. The van der Waals surface area contributed by atoms with E-state index in [0.29, 0.717) is 32.4 Å². The minimum absolute atomic E-state index is 0.0273. The number of aromatic nitrogens is 1.